The van der Waals surface area contributed by atoms with E-state index in [4.69, 9.17) is 5.26 Å². The number of fused-ring (bicyclic) bond motifs is 1. The summed E-state index contributed by atoms with van der Waals surface area (Å²) >= 11 is 0. The minimum atomic E-state index is -0.868. The van der Waals surface area contributed by atoms with E-state index < -0.39 is 17.2 Å². The molecule has 0 N–H and O–H groups in total. The van der Waals surface area contributed by atoms with Gasteiger partial charge in [-0.3, -0.25) is 0 Å². The van der Waals surface area contributed by atoms with E-state index >= 15 is 0 Å². The second-order valence-corrected chi connectivity index (χ2v) is 6.11. The third-order valence-corrected chi connectivity index (χ3v) is 4.30. The van der Waals surface area contributed by atoms with Crippen LogP contribution in [0, 0.1) is 34.8 Å². The maximum Gasteiger partial charge on any atom is 0.151 e. The number of nitrogens with zero attached hydrogens (tertiary/aromatic N) is 1. The van der Waals surface area contributed by atoms with Crippen LogP contribution in [-0.2, 0) is 6.42 Å². The summed E-state index contributed by atoms with van der Waals surface area (Å²) in [4.78, 5) is 0. The van der Waals surface area contributed by atoms with E-state index in [-0.39, 0.29) is 5.39 Å². The molecule has 1 nitrogen and oxygen atoms in total. The zero-order valence-corrected chi connectivity index (χ0v) is 14.4. The van der Waals surface area contributed by atoms with Gasteiger partial charge in [-0.1, -0.05) is 49.5 Å². The van der Waals surface area contributed by atoms with Gasteiger partial charge >= 0.3 is 0 Å². The number of halogens is 2. The van der Waals surface area contributed by atoms with E-state index in [9.17, 15) is 8.78 Å². The molecule has 26 heavy (non-hydrogen) atoms. The molecular weight excluding hydrogens is 328 g/mol. The molecule has 3 rings (SSSR count). The quantitative estimate of drug-likeness (QED) is 0.556. The van der Waals surface area contributed by atoms with Crippen LogP contribution >= 0.6 is 0 Å². The Morgan fingerprint density at radius 2 is 1.73 bits per heavy atom. The molecule has 0 bridgehead atoms. The Bertz CT molecular complexity index is 1050. The highest BCUT2D eigenvalue weighted by Gasteiger charge is 2.14. The molecule has 0 radical (unpaired) electrons. The van der Waals surface area contributed by atoms with Gasteiger partial charge in [0.25, 0.3) is 0 Å². The highest BCUT2D eigenvalue weighted by atomic mass is 19.1. The second kappa shape index (κ2) is 7.81. The molecule has 0 spiro atoms. The van der Waals surface area contributed by atoms with Crippen molar-refractivity contribution in [1.29, 1.82) is 5.26 Å². The van der Waals surface area contributed by atoms with Crippen LogP contribution in [0.15, 0.2) is 48.5 Å². The molecule has 0 amide bonds. The molecule has 0 atom stereocenters. The summed E-state index contributed by atoms with van der Waals surface area (Å²) < 4.78 is 28.3. The fraction of sp³-hybridized carbons (Fsp3) is 0.174. The lowest BCUT2D eigenvalue weighted by Gasteiger charge is -2.05. The lowest BCUT2D eigenvalue weighted by atomic mass is 10.0. The number of unbranched alkanes of at least 4 members (excludes halogenated alkanes) is 1. The predicted molar refractivity (Wildman–Crippen MR) is 99.6 cm³/mol. The molecule has 3 heteroatoms. The van der Waals surface area contributed by atoms with Crippen LogP contribution in [0.3, 0.4) is 0 Å². The number of hydrogen-bond acceptors (Lipinski definition) is 1. The van der Waals surface area contributed by atoms with E-state index in [0.29, 0.717) is 10.9 Å². The molecule has 0 aromatic heterocycles. The van der Waals surface area contributed by atoms with Gasteiger partial charge < -0.3 is 0 Å². The first-order valence-electron chi connectivity index (χ1n) is 8.55. The molecule has 0 aliphatic carbocycles. The highest BCUT2D eigenvalue weighted by molar-refractivity contribution is 5.90. The molecule has 0 aliphatic rings. The van der Waals surface area contributed by atoms with Gasteiger partial charge in [0.15, 0.2) is 5.82 Å². The van der Waals surface area contributed by atoms with Crippen molar-refractivity contribution >= 4 is 10.8 Å². The van der Waals surface area contributed by atoms with Crippen LogP contribution in [0.2, 0.25) is 0 Å². The van der Waals surface area contributed by atoms with Gasteiger partial charge in [-0.05, 0) is 42.7 Å². The number of benzene rings is 3. The molecule has 128 valence electrons. The summed E-state index contributed by atoms with van der Waals surface area (Å²) in [5, 5.41) is 9.47. The van der Waals surface area contributed by atoms with Crippen molar-refractivity contribution in [2.24, 2.45) is 0 Å². The summed E-state index contributed by atoms with van der Waals surface area (Å²) in [6.07, 6.45) is 3.36. The van der Waals surface area contributed by atoms with Gasteiger partial charge in [0, 0.05) is 21.9 Å². The first kappa shape index (κ1) is 17.6. The first-order chi connectivity index (χ1) is 12.6. The summed E-state index contributed by atoms with van der Waals surface area (Å²) in [6, 6.07) is 15.7. The van der Waals surface area contributed by atoms with Crippen LogP contribution in [0.25, 0.3) is 10.8 Å². The second-order valence-electron chi connectivity index (χ2n) is 6.11. The van der Waals surface area contributed by atoms with E-state index in [1.165, 1.54) is 17.7 Å². The van der Waals surface area contributed by atoms with Crippen molar-refractivity contribution in [3.05, 3.63) is 82.4 Å². The molecule has 0 saturated heterocycles. The number of aryl methyl sites for hydroxylation is 1. The lowest BCUT2D eigenvalue weighted by molar-refractivity contribution is 0.585. The Labute approximate surface area is 151 Å². The normalized spacial score (nSPS) is 10.2. The first-order valence-corrected chi connectivity index (χ1v) is 8.55. The molecule has 3 aromatic carbocycles. The minimum absolute atomic E-state index is 0.199. The fourth-order valence-electron chi connectivity index (χ4n) is 2.84. The van der Waals surface area contributed by atoms with Crippen molar-refractivity contribution < 1.29 is 8.78 Å². The van der Waals surface area contributed by atoms with Gasteiger partial charge in [-0.15, -0.1) is 0 Å². The zero-order chi connectivity index (χ0) is 18.5. The number of nitriles is 1. The van der Waals surface area contributed by atoms with Gasteiger partial charge in [0.2, 0.25) is 0 Å². The molecule has 0 aliphatic heterocycles. The Morgan fingerprint density at radius 1 is 0.962 bits per heavy atom. The van der Waals surface area contributed by atoms with Crippen LogP contribution in [0.1, 0.15) is 42.0 Å². The summed E-state index contributed by atoms with van der Waals surface area (Å²) in [6.45, 7) is 2.16. The van der Waals surface area contributed by atoms with Crippen molar-refractivity contribution in [1.82, 2.24) is 0 Å². The third-order valence-electron chi connectivity index (χ3n) is 4.30. The maximum absolute atomic E-state index is 14.3. The number of hydrogen-bond donors (Lipinski definition) is 0. The Kier molecular flexibility index (Phi) is 5.30. The Morgan fingerprint density at radius 3 is 2.42 bits per heavy atom. The van der Waals surface area contributed by atoms with Crippen molar-refractivity contribution in [3.63, 3.8) is 0 Å². The molecule has 0 heterocycles. The maximum atomic E-state index is 14.3. The number of rotatable bonds is 3. The van der Waals surface area contributed by atoms with Crippen molar-refractivity contribution in [2.45, 2.75) is 26.2 Å². The lowest BCUT2D eigenvalue weighted by Crippen LogP contribution is -1.93. The average molecular weight is 345 g/mol. The monoisotopic (exact) mass is 345 g/mol. The summed E-state index contributed by atoms with van der Waals surface area (Å²) in [5.41, 5.74) is 2.08. The van der Waals surface area contributed by atoms with E-state index in [0.717, 1.165) is 24.8 Å². The third kappa shape index (κ3) is 3.58. The van der Waals surface area contributed by atoms with E-state index in [1.54, 1.807) is 18.2 Å². The van der Waals surface area contributed by atoms with E-state index in [2.05, 4.69) is 30.9 Å². The molecular formula is C23H17F2N. The standard InChI is InChI=1S/C23H17F2N/c1-2-3-5-16-8-10-17(11-9-16)12-13-18-6-4-7-19-20(18)14-22(24)21(15-26)23(19)25/h4,6-11,14H,2-3,5H2,1H3. The minimum Gasteiger partial charge on any atom is -0.205 e. The van der Waals surface area contributed by atoms with Crippen LogP contribution in [0.4, 0.5) is 8.78 Å². The fourth-order valence-corrected chi connectivity index (χ4v) is 2.84. The van der Waals surface area contributed by atoms with Crippen molar-refractivity contribution in [3.8, 4) is 17.9 Å². The van der Waals surface area contributed by atoms with Gasteiger partial charge in [-0.2, -0.15) is 5.26 Å². The molecule has 3 aromatic rings. The van der Waals surface area contributed by atoms with Gasteiger partial charge in [-0.25, -0.2) is 8.78 Å². The highest BCUT2D eigenvalue weighted by Crippen LogP contribution is 2.26. The van der Waals surface area contributed by atoms with Gasteiger partial charge in [0.05, 0.1) is 0 Å². The zero-order valence-electron chi connectivity index (χ0n) is 14.4. The Hall–Kier alpha value is -3.17. The largest absolute Gasteiger partial charge is 0.205 e. The molecule has 0 unspecified atom stereocenters. The van der Waals surface area contributed by atoms with Crippen LogP contribution < -0.4 is 0 Å². The SMILES string of the molecule is CCCCc1ccc(C#Cc2cccc3c(F)c(C#N)c(F)cc23)cc1. The predicted octanol–water partition coefficient (Wildman–Crippen LogP) is 5.73. The van der Waals surface area contributed by atoms with E-state index in [1.807, 2.05) is 12.1 Å². The van der Waals surface area contributed by atoms with Crippen molar-refractivity contribution in [2.75, 3.05) is 0 Å². The van der Waals surface area contributed by atoms with Gasteiger partial charge in [0.1, 0.15) is 17.4 Å². The molecule has 0 fully saturated rings. The topological polar surface area (TPSA) is 23.8 Å². The average Bonchev–Trinajstić information content (AvgIpc) is 2.66. The summed E-state index contributed by atoms with van der Waals surface area (Å²) in [5.74, 6) is 4.33. The van der Waals surface area contributed by atoms with Crippen LogP contribution in [0.5, 0.6) is 0 Å². The smallest absolute Gasteiger partial charge is 0.151 e. The molecule has 0 saturated carbocycles. The van der Waals surface area contributed by atoms with Crippen LogP contribution in [-0.4, -0.2) is 0 Å². The summed E-state index contributed by atoms with van der Waals surface area (Å²) in [7, 11) is 0. The Balaban J connectivity index is 1.98.